The van der Waals surface area contributed by atoms with Crippen molar-refractivity contribution < 1.29 is 18.6 Å². The molecule has 0 spiro atoms. The van der Waals surface area contributed by atoms with Crippen molar-refractivity contribution in [3.63, 3.8) is 0 Å². The molecule has 5 rings (SSSR count). The van der Waals surface area contributed by atoms with Gasteiger partial charge in [0, 0.05) is 49.1 Å². The number of rotatable bonds is 7. The predicted octanol–water partition coefficient (Wildman–Crippen LogP) is 3.29. The van der Waals surface area contributed by atoms with E-state index < -0.39 is 6.17 Å². The van der Waals surface area contributed by atoms with Crippen LogP contribution in [0.4, 0.5) is 21.7 Å². The average Bonchev–Trinajstić information content (AvgIpc) is 2.84. The van der Waals surface area contributed by atoms with E-state index in [1.807, 2.05) is 32.0 Å². The third kappa shape index (κ3) is 5.16. The number of anilines is 3. The molecule has 0 saturated carbocycles. The number of nitrogens with zero attached hydrogens (tertiary/aromatic N) is 4. The molecule has 194 valence electrons. The summed E-state index contributed by atoms with van der Waals surface area (Å²) in [5.41, 5.74) is 3.41. The third-order valence-electron chi connectivity index (χ3n) is 7.41. The van der Waals surface area contributed by atoms with Crippen molar-refractivity contribution in [2.75, 3.05) is 63.3 Å². The number of piperidine rings is 1. The Morgan fingerprint density at radius 1 is 1.19 bits per heavy atom. The van der Waals surface area contributed by atoms with Crippen LogP contribution in [0.15, 0.2) is 18.2 Å². The van der Waals surface area contributed by atoms with Crippen molar-refractivity contribution in [1.82, 2.24) is 14.9 Å². The van der Waals surface area contributed by atoms with Crippen LogP contribution >= 0.6 is 0 Å². The number of nitrogens with one attached hydrogen (secondary N) is 2. The first-order chi connectivity index (χ1) is 17.4. The van der Waals surface area contributed by atoms with Gasteiger partial charge in [0.05, 0.1) is 39.1 Å². The highest BCUT2D eigenvalue weighted by Gasteiger charge is 2.36. The van der Waals surface area contributed by atoms with Crippen LogP contribution in [0.3, 0.4) is 0 Å². The Labute approximate surface area is 211 Å². The van der Waals surface area contributed by atoms with Crippen molar-refractivity contribution in [3.05, 3.63) is 34.9 Å². The van der Waals surface area contributed by atoms with Gasteiger partial charge in [-0.1, -0.05) is 0 Å². The summed E-state index contributed by atoms with van der Waals surface area (Å²) in [6.07, 6.45) is 1.22. The van der Waals surface area contributed by atoms with E-state index in [0.29, 0.717) is 38.2 Å². The number of hydrogen-bond donors (Lipinski definition) is 2. The molecule has 0 radical (unpaired) electrons. The number of hydrogen-bond acceptors (Lipinski definition) is 9. The monoisotopic (exact) mass is 498 g/mol. The molecule has 0 bridgehead atoms. The Morgan fingerprint density at radius 3 is 2.69 bits per heavy atom. The topological polar surface area (TPSA) is 95.8 Å². The van der Waals surface area contributed by atoms with E-state index in [-0.39, 0.29) is 18.0 Å². The predicted molar refractivity (Wildman–Crippen MR) is 137 cm³/mol. The highest BCUT2D eigenvalue weighted by molar-refractivity contribution is 5.88. The summed E-state index contributed by atoms with van der Waals surface area (Å²) < 4.78 is 31.8. The molecular formula is C26H35FN6O3. The van der Waals surface area contributed by atoms with Gasteiger partial charge in [-0.15, -0.1) is 0 Å². The summed E-state index contributed by atoms with van der Waals surface area (Å²) >= 11 is 0. The van der Waals surface area contributed by atoms with Crippen LogP contribution in [-0.2, 0) is 9.47 Å². The fraction of sp³-hybridized carbons (Fsp3) is 0.577. The van der Waals surface area contributed by atoms with Crippen LogP contribution in [0.2, 0.25) is 0 Å². The van der Waals surface area contributed by atoms with E-state index in [1.165, 1.54) is 6.21 Å². The summed E-state index contributed by atoms with van der Waals surface area (Å²) in [6, 6.07) is 6.42. The summed E-state index contributed by atoms with van der Waals surface area (Å²) in [5.74, 6) is 1.12. The summed E-state index contributed by atoms with van der Waals surface area (Å²) in [5, 5.41) is 11.3. The van der Waals surface area contributed by atoms with Gasteiger partial charge < -0.3 is 29.8 Å². The molecule has 2 unspecified atom stereocenters. The molecule has 3 atom stereocenters. The minimum absolute atomic E-state index is 0.108. The molecular weight excluding hydrogens is 463 g/mol. The Morgan fingerprint density at radius 2 is 2.03 bits per heavy atom. The van der Waals surface area contributed by atoms with Crippen LogP contribution in [-0.4, -0.2) is 92.5 Å². The number of ether oxygens (including phenoxy) is 3. The molecule has 0 amide bonds. The average molecular weight is 499 g/mol. The number of morpholine rings is 1. The van der Waals surface area contributed by atoms with Gasteiger partial charge in [-0.3, -0.25) is 4.90 Å². The molecule has 3 fully saturated rings. The zero-order valence-electron chi connectivity index (χ0n) is 21.2. The maximum Gasteiger partial charge on any atom is 0.320 e. The van der Waals surface area contributed by atoms with Gasteiger partial charge in [0.1, 0.15) is 17.8 Å². The lowest BCUT2D eigenvalue weighted by atomic mass is 9.84. The van der Waals surface area contributed by atoms with Crippen LogP contribution < -0.4 is 15.0 Å². The van der Waals surface area contributed by atoms with Gasteiger partial charge in [0.15, 0.2) is 0 Å². The lowest BCUT2D eigenvalue weighted by Gasteiger charge is -2.43. The van der Waals surface area contributed by atoms with Gasteiger partial charge in [0.25, 0.3) is 0 Å². The van der Waals surface area contributed by atoms with E-state index in [1.54, 1.807) is 7.11 Å². The summed E-state index contributed by atoms with van der Waals surface area (Å²) in [7, 11) is 1.54. The smallest absolute Gasteiger partial charge is 0.320 e. The molecule has 3 aliphatic heterocycles. The molecule has 3 saturated heterocycles. The zero-order valence-corrected chi connectivity index (χ0v) is 21.2. The Bertz CT molecular complexity index is 1100. The molecule has 3 aliphatic rings. The zero-order chi connectivity index (χ0) is 25.2. The van der Waals surface area contributed by atoms with E-state index in [0.717, 1.165) is 54.3 Å². The second-order valence-electron chi connectivity index (χ2n) is 9.89. The van der Waals surface area contributed by atoms with Crippen LogP contribution in [0, 0.1) is 12.3 Å². The normalized spacial score (nSPS) is 25.3. The second kappa shape index (κ2) is 10.7. The van der Waals surface area contributed by atoms with E-state index >= 15 is 4.39 Å². The fourth-order valence-corrected chi connectivity index (χ4v) is 5.31. The van der Waals surface area contributed by atoms with Gasteiger partial charge >= 0.3 is 6.01 Å². The van der Waals surface area contributed by atoms with Gasteiger partial charge in [-0.2, -0.15) is 9.97 Å². The lowest BCUT2D eigenvalue weighted by Crippen LogP contribution is -2.54. The lowest BCUT2D eigenvalue weighted by molar-refractivity contribution is -0.0807. The number of methoxy groups -OCH3 is 1. The Hall–Kier alpha value is -2.82. The molecule has 9 nitrogen and oxygen atoms in total. The quantitative estimate of drug-likeness (QED) is 0.562. The van der Waals surface area contributed by atoms with E-state index in [2.05, 4.69) is 25.1 Å². The molecule has 1 aromatic heterocycles. The van der Waals surface area contributed by atoms with Crippen molar-refractivity contribution in [2.24, 2.45) is 0 Å². The minimum atomic E-state index is -0.953. The van der Waals surface area contributed by atoms with Gasteiger partial charge in [0.2, 0.25) is 0 Å². The summed E-state index contributed by atoms with van der Waals surface area (Å²) in [4.78, 5) is 13.4. The van der Waals surface area contributed by atoms with Crippen LogP contribution in [0.25, 0.3) is 0 Å². The first kappa shape index (κ1) is 24.9. The third-order valence-corrected chi connectivity index (χ3v) is 7.41. The van der Waals surface area contributed by atoms with Crippen LogP contribution in [0.1, 0.15) is 36.0 Å². The van der Waals surface area contributed by atoms with Gasteiger partial charge in [-0.05, 0) is 50.1 Å². The number of halogens is 1. The molecule has 10 heteroatoms. The number of aryl methyl sites for hydroxylation is 1. The molecule has 2 N–H and O–H groups in total. The molecule has 1 aromatic carbocycles. The second-order valence-corrected chi connectivity index (χ2v) is 9.89. The van der Waals surface area contributed by atoms with E-state index in [9.17, 15) is 0 Å². The minimum Gasteiger partial charge on any atom is -0.467 e. The number of benzene rings is 1. The maximum absolute atomic E-state index is 15.4. The van der Waals surface area contributed by atoms with Crippen molar-refractivity contribution in [1.29, 1.82) is 5.41 Å². The Balaban J connectivity index is 1.41. The number of alkyl halides is 1. The van der Waals surface area contributed by atoms with E-state index in [4.69, 9.17) is 19.6 Å². The van der Waals surface area contributed by atoms with Crippen molar-refractivity contribution >= 4 is 23.5 Å². The number of likely N-dealkylation sites (tertiary alicyclic amines) is 1. The van der Waals surface area contributed by atoms with Crippen molar-refractivity contribution in [2.45, 2.75) is 44.5 Å². The first-order valence-electron chi connectivity index (χ1n) is 12.6. The molecule has 2 aromatic rings. The SMILES string of the molecule is COc1nc(Nc2cc(C3CCN(C4COC4)CC3F)c(C)cc2C=N)cc(N2CCO[C@@H](C)C2)n1. The molecule has 0 aliphatic carbocycles. The fourth-order valence-electron chi connectivity index (χ4n) is 5.31. The van der Waals surface area contributed by atoms with Crippen molar-refractivity contribution in [3.8, 4) is 6.01 Å². The summed E-state index contributed by atoms with van der Waals surface area (Å²) in [6.45, 7) is 8.81. The first-order valence-corrected chi connectivity index (χ1v) is 12.6. The molecule has 36 heavy (non-hydrogen) atoms. The molecule has 4 heterocycles. The van der Waals surface area contributed by atoms with Crippen LogP contribution in [0.5, 0.6) is 6.01 Å². The maximum atomic E-state index is 15.4. The van der Waals surface area contributed by atoms with Gasteiger partial charge in [-0.25, -0.2) is 4.39 Å². The highest BCUT2D eigenvalue weighted by Crippen LogP contribution is 2.37. The highest BCUT2D eigenvalue weighted by atomic mass is 19.1. The standard InChI is InChI=1S/C26H35FN6O3/c1-16-8-18(11-28)23(9-21(16)20-4-5-32(13-22(20)27)19-14-35-15-19)29-24-10-25(31-26(30-24)34-3)33-6-7-36-17(2)12-33/h8-11,17,19-20,22,28H,4-7,12-15H2,1-3H3,(H,29,30,31)/t17-,20?,22?/m0/s1. The largest absolute Gasteiger partial charge is 0.467 e. The Kier molecular flexibility index (Phi) is 7.36. The number of aromatic nitrogens is 2.